The van der Waals surface area contributed by atoms with Crippen LogP contribution < -0.4 is 5.32 Å². The van der Waals surface area contributed by atoms with E-state index in [0.29, 0.717) is 6.04 Å². The molecule has 1 aliphatic heterocycles. The van der Waals surface area contributed by atoms with Gasteiger partial charge < -0.3 is 5.32 Å². The van der Waals surface area contributed by atoms with E-state index in [4.69, 9.17) is 0 Å². The summed E-state index contributed by atoms with van der Waals surface area (Å²) in [7, 11) is 0. The second-order valence-corrected chi connectivity index (χ2v) is 4.40. The zero-order valence-electron chi connectivity index (χ0n) is 9.93. The molecule has 4 nitrogen and oxygen atoms in total. The van der Waals surface area contributed by atoms with Gasteiger partial charge in [-0.1, -0.05) is 18.2 Å². The molecule has 3 rings (SSSR count). The summed E-state index contributed by atoms with van der Waals surface area (Å²) in [6.45, 7) is 2.98. The fraction of sp³-hybridized carbons (Fsp3) is 0.385. The number of hydrogen-bond acceptors (Lipinski definition) is 3. The van der Waals surface area contributed by atoms with Crippen molar-refractivity contribution in [2.45, 2.75) is 32.4 Å². The third-order valence-electron chi connectivity index (χ3n) is 3.27. The molecule has 88 valence electrons. The third-order valence-corrected chi connectivity index (χ3v) is 3.27. The summed E-state index contributed by atoms with van der Waals surface area (Å²) in [6.07, 6.45) is 3.65. The second-order valence-electron chi connectivity index (χ2n) is 4.40. The van der Waals surface area contributed by atoms with Crippen LogP contribution in [-0.2, 0) is 19.4 Å². The van der Waals surface area contributed by atoms with Gasteiger partial charge in [0.15, 0.2) is 0 Å². The molecule has 0 bridgehead atoms. The van der Waals surface area contributed by atoms with Crippen LogP contribution in [0, 0.1) is 0 Å². The molecule has 2 aromatic rings. The van der Waals surface area contributed by atoms with E-state index in [1.165, 1.54) is 11.3 Å². The molecule has 0 amide bonds. The number of anilines is 1. The summed E-state index contributed by atoms with van der Waals surface area (Å²) in [5.41, 5.74) is 2.67. The topological polar surface area (TPSA) is 42.7 Å². The molecule has 1 aromatic carbocycles. The van der Waals surface area contributed by atoms with Crippen LogP contribution in [0.25, 0.3) is 0 Å². The van der Waals surface area contributed by atoms with Crippen molar-refractivity contribution < 1.29 is 0 Å². The summed E-state index contributed by atoms with van der Waals surface area (Å²) in [4.78, 5) is 4.33. The maximum Gasteiger partial charge on any atom is 0.138 e. The predicted octanol–water partition coefficient (Wildman–Crippen LogP) is 1.88. The summed E-state index contributed by atoms with van der Waals surface area (Å²) in [5.74, 6) is 1.07. The van der Waals surface area contributed by atoms with Gasteiger partial charge in [0.25, 0.3) is 0 Å². The van der Waals surface area contributed by atoms with Gasteiger partial charge in [0.05, 0.1) is 0 Å². The Morgan fingerprint density at radius 3 is 3.12 bits per heavy atom. The van der Waals surface area contributed by atoms with E-state index in [9.17, 15) is 0 Å². The molecule has 2 heterocycles. The van der Waals surface area contributed by atoms with Crippen LogP contribution in [0.4, 0.5) is 5.69 Å². The first-order chi connectivity index (χ1) is 8.36. The van der Waals surface area contributed by atoms with Gasteiger partial charge in [-0.3, -0.25) is 4.68 Å². The van der Waals surface area contributed by atoms with Crippen LogP contribution >= 0.6 is 0 Å². The Kier molecular flexibility index (Phi) is 2.55. The standard InChI is InChI=1S/C13H16N4/c1-2-17-13(14-9-15-17)8-11-7-10-5-3-4-6-12(10)16-11/h3-6,9,11,16H,2,7-8H2,1H3. The fourth-order valence-electron chi connectivity index (χ4n) is 2.43. The van der Waals surface area contributed by atoms with E-state index >= 15 is 0 Å². The smallest absolute Gasteiger partial charge is 0.138 e. The van der Waals surface area contributed by atoms with Crippen molar-refractivity contribution in [3.05, 3.63) is 42.0 Å². The van der Waals surface area contributed by atoms with Crippen LogP contribution in [-0.4, -0.2) is 20.8 Å². The van der Waals surface area contributed by atoms with Gasteiger partial charge in [-0.25, -0.2) is 4.98 Å². The minimum atomic E-state index is 0.446. The summed E-state index contributed by atoms with van der Waals surface area (Å²) >= 11 is 0. The first-order valence-electron chi connectivity index (χ1n) is 6.08. The number of aryl methyl sites for hydroxylation is 1. The summed E-state index contributed by atoms with van der Waals surface area (Å²) < 4.78 is 1.96. The van der Waals surface area contributed by atoms with Crippen LogP contribution in [0.5, 0.6) is 0 Å². The first kappa shape index (κ1) is 10.3. The highest BCUT2D eigenvalue weighted by molar-refractivity contribution is 5.56. The van der Waals surface area contributed by atoms with E-state index in [1.807, 2.05) is 4.68 Å². The predicted molar refractivity (Wildman–Crippen MR) is 67.0 cm³/mol. The number of aromatic nitrogens is 3. The lowest BCUT2D eigenvalue weighted by Crippen LogP contribution is -2.21. The molecule has 0 saturated heterocycles. The van der Waals surface area contributed by atoms with Gasteiger partial charge >= 0.3 is 0 Å². The number of rotatable bonds is 3. The van der Waals surface area contributed by atoms with E-state index in [0.717, 1.165) is 25.2 Å². The Morgan fingerprint density at radius 1 is 1.41 bits per heavy atom. The first-order valence-corrected chi connectivity index (χ1v) is 6.08. The molecule has 4 heteroatoms. The minimum absolute atomic E-state index is 0.446. The molecule has 1 aromatic heterocycles. The number of fused-ring (bicyclic) bond motifs is 1. The normalized spacial score (nSPS) is 17.8. The van der Waals surface area contributed by atoms with Gasteiger partial charge in [-0.05, 0) is 25.0 Å². The van der Waals surface area contributed by atoms with E-state index in [2.05, 4.69) is 46.6 Å². The monoisotopic (exact) mass is 228 g/mol. The average molecular weight is 228 g/mol. The highest BCUT2D eigenvalue weighted by Gasteiger charge is 2.21. The molecule has 17 heavy (non-hydrogen) atoms. The van der Waals surface area contributed by atoms with Gasteiger partial charge in [0, 0.05) is 24.7 Å². The molecule has 1 N–H and O–H groups in total. The Morgan fingerprint density at radius 2 is 2.29 bits per heavy atom. The largest absolute Gasteiger partial charge is 0.381 e. The van der Waals surface area contributed by atoms with Gasteiger partial charge in [-0.15, -0.1) is 0 Å². The zero-order valence-corrected chi connectivity index (χ0v) is 9.93. The van der Waals surface area contributed by atoms with Crippen LogP contribution in [0.2, 0.25) is 0 Å². The minimum Gasteiger partial charge on any atom is -0.381 e. The Balaban J connectivity index is 1.74. The van der Waals surface area contributed by atoms with Crippen LogP contribution in [0.15, 0.2) is 30.6 Å². The fourth-order valence-corrected chi connectivity index (χ4v) is 2.43. The molecule has 0 spiro atoms. The number of nitrogens with zero attached hydrogens (tertiary/aromatic N) is 3. The molecule has 0 radical (unpaired) electrons. The third kappa shape index (κ3) is 1.90. The van der Waals surface area contributed by atoms with Gasteiger partial charge in [-0.2, -0.15) is 5.10 Å². The van der Waals surface area contributed by atoms with E-state index < -0.39 is 0 Å². The lowest BCUT2D eigenvalue weighted by atomic mass is 10.1. The molecule has 0 aliphatic carbocycles. The molecular formula is C13H16N4. The Labute approximate surface area is 101 Å². The van der Waals surface area contributed by atoms with Crippen LogP contribution in [0.1, 0.15) is 18.3 Å². The molecule has 1 atom stereocenters. The van der Waals surface area contributed by atoms with Crippen molar-refractivity contribution in [3.63, 3.8) is 0 Å². The lowest BCUT2D eigenvalue weighted by Gasteiger charge is -2.10. The Hall–Kier alpha value is -1.84. The average Bonchev–Trinajstić information content (AvgIpc) is 2.94. The molecule has 0 fully saturated rings. The Bertz CT molecular complexity index is 493. The number of hydrogen-bond donors (Lipinski definition) is 1. The molecule has 1 aliphatic rings. The van der Waals surface area contributed by atoms with Crippen molar-refractivity contribution >= 4 is 5.69 Å². The summed E-state index contributed by atoms with van der Waals surface area (Å²) in [6, 6.07) is 8.94. The van der Waals surface area contributed by atoms with E-state index in [-0.39, 0.29) is 0 Å². The van der Waals surface area contributed by atoms with E-state index in [1.54, 1.807) is 6.33 Å². The quantitative estimate of drug-likeness (QED) is 0.872. The van der Waals surface area contributed by atoms with Crippen molar-refractivity contribution in [2.24, 2.45) is 0 Å². The lowest BCUT2D eigenvalue weighted by molar-refractivity contribution is 0.589. The van der Waals surface area contributed by atoms with Crippen LogP contribution in [0.3, 0.4) is 0 Å². The number of para-hydroxylation sites is 1. The molecule has 1 unspecified atom stereocenters. The molecule has 0 saturated carbocycles. The van der Waals surface area contributed by atoms with Gasteiger partial charge in [0.1, 0.15) is 12.2 Å². The second kappa shape index (κ2) is 4.20. The van der Waals surface area contributed by atoms with Gasteiger partial charge in [0.2, 0.25) is 0 Å². The number of benzene rings is 1. The number of nitrogens with one attached hydrogen (secondary N) is 1. The maximum absolute atomic E-state index is 4.33. The zero-order chi connectivity index (χ0) is 11.7. The van der Waals surface area contributed by atoms with Crippen molar-refractivity contribution in [1.29, 1.82) is 0 Å². The highest BCUT2D eigenvalue weighted by Crippen LogP contribution is 2.26. The van der Waals surface area contributed by atoms with Crippen molar-refractivity contribution in [1.82, 2.24) is 14.8 Å². The maximum atomic E-state index is 4.33. The van der Waals surface area contributed by atoms with Crippen molar-refractivity contribution in [3.8, 4) is 0 Å². The highest BCUT2D eigenvalue weighted by atomic mass is 15.3. The molecular weight excluding hydrogens is 212 g/mol. The summed E-state index contributed by atoms with van der Waals surface area (Å²) in [5, 5.41) is 7.75. The SMILES string of the molecule is CCn1ncnc1CC1Cc2ccccc2N1. The van der Waals surface area contributed by atoms with Crippen molar-refractivity contribution in [2.75, 3.05) is 5.32 Å².